The second-order valence-electron chi connectivity index (χ2n) is 9.78. The Kier molecular flexibility index (Phi) is 8.22. The summed E-state index contributed by atoms with van der Waals surface area (Å²) in [5.41, 5.74) is 4.08. The lowest BCUT2D eigenvalue weighted by atomic mass is 9.77. The number of benzene rings is 3. The molecule has 3 aromatic carbocycles. The molecule has 3 aromatic rings. The van der Waals surface area contributed by atoms with Crippen molar-refractivity contribution < 1.29 is 4.39 Å². The van der Waals surface area contributed by atoms with E-state index in [1.807, 2.05) is 18.2 Å². The summed E-state index contributed by atoms with van der Waals surface area (Å²) in [5, 5.41) is 1.59. The Bertz CT molecular complexity index is 1100. The molecule has 0 amide bonds. The van der Waals surface area contributed by atoms with Gasteiger partial charge in [0.25, 0.3) is 0 Å². The fourth-order valence-electron chi connectivity index (χ4n) is 5.28. The average Bonchev–Trinajstić information content (AvgIpc) is 2.87. The van der Waals surface area contributed by atoms with Crippen molar-refractivity contribution in [3.05, 3.63) is 82.7 Å². The molecular formula is C32H37F. The van der Waals surface area contributed by atoms with Crippen molar-refractivity contribution in [1.82, 2.24) is 0 Å². The van der Waals surface area contributed by atoms with E-state index in [1.165, 1.54) is 68.9 Å². The maximum Gasteiger partial charge on any atom is 0.146 e. The van der Waals surface area contributed by atoms with Crippen LogP contribution in [0.2, 0.25) is 0 Å². The molecule has 0 spiro atoms. The highest BCUT2D eigenvalue weighted by Gasteiger charge is 2.21. The van der Waals surface area contributed by atoms with Crippen molar-refractivity contribution >= 4 is 10.8 Å². The van der Waals surface area contributed by atoms with Crippen LogP contribution in [0.15, 0.2) is 54.6 Å². The lowest BCUT2D eigenvalue weighted by Crippen LogP contribution is -2.13. The Hall–Kier alpha value is -2.59. The lowest BCUT2D eigenvalue weighted by molar-refractivity contribution is 0.302. The number of rotatable bonds is 7. The predicted molar refractivity (Wildman–Crippen MR) is 139 cm³/mol. The largest absolute Gasteiger partial charge is 0.205 e. The molecule has 172 valence electrons. The van der Waals surface area contributed by atoms with Gasteiger partial charge in [0.2, 0.25) is 0 Å². The van der Waals surface area contributed by atoms with Gasteiger partial charge in [-0.25, -0.2) is 4.39 Å². The monoisotopic (exact) mass is 440 g/mol. The summed E-state index contributed by atoms with van der Waals surface area (Å²) in [6.45, 7) is 4.40. The summed E-state index contributed by atoms with van der Waals surface area (Å²) >= 11 is 0. The molecule has 0 bridgehead atoms. The van der Waals surface area contributed by atoms with Crippen molar-refractivity contribution in [3.8, 4) is 11.8 Å². The quantitative estimate of drug-likeness (QED) is 0.254. The van der Waals surface area contributed by atoms with Crippen molar-refractivity contribution in [3.63, 3.8) is 0 Å². The molecule has 0 aliphatic heterocycles. The molecule has 0 aromatic heterocycles. The minimum absolute atomic E-state index is 0.217. The third-order valence-corrected chi connectivity index (χ3v) is 7.46. The number of unbranched alkanes of at least 4 members (excludes halogenated alkanes) is 3. The van der Waals surface area contributed by atoms with E-state index in [2.05, 4.69) is 56.0 Å². The normalized spacial score (nSPS) is 18.2. The van der Waals surface area contributed by atoms with E-state index in [1.54, 1.807) is 6.07 Å². The Morgan fingerprint density at radius 3 is 2.33 bits per heavy atom. The zero-order chi connectivity index (χ0) is 23.0. The fraction of sp³-hybridized carbons (Fsp3) is 0.438. The van der Waals surface area contributed by atoms with Gasteiger partial charge in [-0.3, -0.25) is 0 Å². The molecule has 4 rings (SSSR count). The second kappa shape index (κ2) is 11.5. The van der Waals surface area contributed by atoms with E-state index in [0.717, 1.165) is 23.3 Å². The summed E-state index contributed by atoms with van der Waals surface area (Å²) in [4.78, 5) is 0. The molecule has 1 aliphatic rings. The highest BCUT2D eigenvalue weighted by Crippen LogP contribution is 2.37. The number of aryl methyl sites for hydroxylation is 1. The molecule has 1 heteroatoms. The molecule has 0 atom stereocenters. The predicted octanol–water partition coefficient (Wildman–Crippen LogP) is 9.19. The van der Waals surface area contributed by atoms with Gasteiger partial charge in [-0.1, -0.05) is 94.2 Å². The zero-order valence-electron chi connectivity index (χ0n) is 20.3. The van der Waals surface area contributed by atoms with Gasteiger partial charge in [0, 0.05) is 10.9 Å². The fourth-order valence-corrected chi connectivity index (χ4v) is 5.28. The Balaban J connectivity index is 1.37. The van der Waals surface area contributed by atoms with Gasteiger partial charge in [0.05, 0.1) is 5.56 Å². The van der Waals surface area contributed by atoms with Gasteiger partial charge in [0.15, 0.2) is 0 Å². The van der Waals surface area contributed by atoms with Gasteiger partial charge in [-0.05, 0) is 78.7 Å². The smallest absolute Gasteiger partial charge is 0.146 e. The van der Waals surface area contributed by atoms with Crippen LogP contribution >= 0.6 is 0 Å². The van der Waals surface area contributed by atoms with Crippen LogP contribution in [0.1, 0.15) is 99.8 Å². The van der Waals surface area contributed by atoms with Gasteiger partial charge in [-0.2, -0.15) is 0 Å². The number of halogens is 1. The minimum atomic E-state index is -0.217. The number of hydrogen-bond acceptors (Lipinski definition) is 0. The van der Waals surface area contributed by atoms with Crippen LogP contribution in [-0.2, 0) is 6.42 Å². The standard InChI is InChI=1S/C32H37F/c1-3-5-6-7-8-25-9-15-27(16-10-25)28-17-11-26(12-18-28)13-19-29-20-21-30-23-24(4-2)14-22-31(30)32(29)33/h11-12,14,17-18,20-23,25,27H,3-10,15-16H2,1-2H3. The number of hydrogen-bond donors (Lipinski definition) is 0. The second-order valence-corrected chi connectivity index (χ2v) is 9.78. The van der Waals surface area contributed by atoms with Crippen molar-refractivity contribution in [2.45, 2.75) is 84.0 Å². The Morgan fingerprint density at radius 1 is 0.818 bits per heavy atom. The van der Waals surface area contributed by atoms with E-state index in [4.69, 9.17) is 0 Å². The summed E-state index contributed by atoms with van der Waals surface area (Å²) in [5.74, 6) is 7.63. The van der Waals surface area contributed by atoms with Crippen molar-refractivity contribution in [2.75, 3.05) is 0 Å². The summed E-state index contributed by atoms with van der Waals surface area (Å²) in [6.07, 6.45) is 13.3. The van der Waals surface area contributed by atoms with Gasteiger partial charge in [-0.15, -0.1) is 0 Å². The van der Waals surface area contributed by atoms with E-state index in [-0.39, 0.29) is 5.82 Å². The third-order valence-electron chi connectivity index (χ3n) is 7.46. The van der Waals surface area contributed by atoms with E-state index >= 15 is 0 Å². The van der Waals surface area contributed by atoms with Gasteiger partial charge < -0.3 is 0 Å². The molecule has 0 nitrogen and oxygen atoms in total. The Labute approximate surface area is 199 Å². The van der Waals surface area contributed by atoms with Crippen LogP contribution in [-0.4, -0.2) is 0 Å². The molecule has 33 heavy (non-hydrogen) atoms. The maximum atomic E-state index is 15.0. The first-order valence-corrected chi connectivity index (χ1v) is 13.0. The maximum absolute atomic E-state index is 15.0. The molecule has 0 radical (unpaired) electrons. The highest BCUT2D eigenvalue weighted by atomic mass is 19.1. The van der Waals surface area contributed by atoms with E-state index in [0.29, 0.717) is 16.9 Å². The van der Waals surface area contributed by atoms with Crippen LogP contribution in [0.3, 0.4) is 0 Å². The van der Waals surface area contributed by atoms with Crippen LogP contribution in [0, 0.1) is 23.6 Å². The average molecular weight is 441 g/mol. The SMILES string of the molecule is CCCCCCC1CCC(c2ccc(C#Cc3ccc4cc(CC)ccc4c3F)cc2)CC1. The first-order chi connectivity index (χ1) is 16.2. The Morgan fingerprint density at radius 2 is 1.61 bits per heavy atom. The third kappa shape index (κ3) is 6.05. The molecule has 0 saturated heterocycles. The van der Waals surface area contributed by atoms with Crippen molar-refractivity contribution in [2.24, 2.45) is 5.92 Å². The molecule has 1 aliphatic carbocycles. The lowest BCUT2D eigenvalue weighted by Gasteiger charge is -2.29. The highest BCUT2D eigenvalue weighted by molar-refractivity contribution is 5.85. The molecule has 0 N–H and O–H groups in total. The molecule has 0 heterocycles. The van der Waals surface area contributed by atoms with Gasteiger partial charge >= 0.3 is 0 Å². The summed E-state index contributed by atoms with van der Waals surface area (Å²) in [7, 11) is 0. The van der Waals surface area contributed by atoms with Gasteiger partial charge in [0.1, 0.15) is 5.82 Å². The molecule has 1 saturated carbocycles. The minimum Gasteiger partial charge on any atom is -0.205 e. The molecule has 1 fully saturated rings. The van der Waals surface area contributed by atoms with Crippen LogP contribution in [0.5, 0.6) is 0 Å². The van der Waals surface area contributed by atoms with Crippen LogP contribution < -0.4 is 0 Å². The summed E-state index contributed by atoms with van der Waals surface area (Å²) < 4.78 is 15.0. The summed E-state index contributed by atoms with van der Waals surface area (Å²) in [6, 6.07) is 18.4. The van der Waals surface area contributed by atoms with Crippen LogP contribution in [0.4, 0.5) is 4.39 Å². The molecule has 0 unspecified atom stereocenters. The van der Waals surface area contributed by atoms with E-state index < -0.39 is 0 Å². The number of fused-ring (bicyclic) bond motifs is 1. The topological polar surface area (TPSA) is 0 Å². The van der Waals surface area contributed by atoms with Crippen molar-refractivity contribution in [1.29, 1.82) is 0 Å². The van der Waals surface area contributed by atoms with Crippen LogP contribution in [0.25, 0.3) is 10.8 Å². The first kappa shape index (κ1) is 23.6. The van der Waals surface area contributed by atoms with E-state index in [9.17, 15) is 4.39 Å². The zero-order valence-corrected chi connectivity index (χ0v) is 20.3. The first-order valence-electron chi connectivity index (χ1n) is 13.0. The molecular weight excluding hydrogens is 403 g/mol.